The van der Waals surface area contributed by atoms with Gasteiger partial charge in [-0.3, -0.25) is 0 Å². The third-order valence-electron chi connectivity index (χ3n) is 2.29. The molecule has 0 atom stereocenters. The first-order chi connectivity index (χ1) is 8.26. The highest BCUT2D eigenvalue weighted by Crippen LogP contribution is 2.45. The molecule has 0 amide bonds. The van der Waals surface area contributed by atoms with Gasteiger partial charge in [-0.1, -0.05) is 11.3 Å². The van der Waals surface area contributed by atoms with E-state index in [1.807, 2.05) is 0 Å². The minimum absolute atomic E-state index is 0.0282. The Morgan fingerprint density at radius 1 is 0.632 bits per heavy atom. The van der Waals surface area contributed by atoms with E-state index in [4.69, 9.17) is 0 Å². The molecule has 0 spiro atoms. The Kier molecular flexibility index (Phi) is 3.69. The molecule has 1 aromatic carbocycles. The van der Waals surface area contributed by atoms with Crippen LogP contribution in [0, 0.1) is 0 Å². The monoisotopic (exact) mass is 312 g/mol. The molecular weight excluding hydrogens is 307 g/mol. The van der Waals surface area contributed by atoms with E-state index < -0.39 is 50.6 Å². The van der Waals surface area contributed by atoms with E-state index in [1.54, 1.807) is 0 Å². The molecule has 108 valence electrons. The Hall–Kier alpha value is -1.19. The van der Waals surface area contributed by atoms with Gasteiger partial charge in [0.05, 0.1) is 16.7 Å². The molecule has 1 aromatic rings. The predicted molar refractivity (Wildman–Crippen MR) is 51.0 cm³/mol. The fourth-order valence-electron chi connectivity index (χ4n) is 1.60. The number of rotatable bonds is 0. The molecule has 19 heavy (non-hydrogen) atoms. The molecule has 0 N–H and O–H groups in total. The number of benzene rings is 1. The van der Waals surface area contributed by atoms with Gasteiger partial charge in [-0.05, 0) is 6.07 Å². The zero-order chi connectivity index (χ0) is 15.2. The lowest BCUT2D eigenvalue weighted by molar-refractivity contribution is -0.174. The van der Waals surface area contributed by atoms with Crippen molar-refractivity contribution in [2.24, 2.45) is 0 Å². The van der Waals surface area contributed by atoms with Crippen molar-refractivity contribution in [3.05, 3.63) is 28.8 Å². The van der Waals surface area contributed by atoms with E-state index in [2.05, 4.69) is 0 Å². The molecule has 0 aliphatic rings. The van der Waals surface area contributed by atoms with Gasteiger partial charge >= 0.3 is 18.5 Å². The summed E-state index contributed by atoms with van der Waals surface area (Å²) in [6.45, 7) is 0. The second-order valence-electron chi connectivity index (χ2n) is 3.67. The van der Waals surface area contributed by atoms with Crippen LogP contribution in [-0.2, 0) is 18.5 Å². The number of hydrogen-bond acceptors (Lipinski definition) is 0. The van der Waals surface area contributed by atoms with Crippen LogP contribution in [0.15, 0.2) is 12.1 Å². The molecule has 10 heteroatoms. The molecule has 0 fully saturated rings. The van der Waals surface area contributed by atoms with Gasteiger partial charge in [-0.15, -0.1) is 0 Å². The molecule has 0 heterocycles. The zero-order valence-electron chi connectivity index (χ0n) is 9.06. The van der Waals surface area contributed by atoms with Crippen molar-refractivity contribution in [1.82, 2.24) is 0 Å². The van der Waals surface area contributed by atoms with Crippen LogP contribution >= 0.6 is 0 Å². The second-order valence-corrected chi connectivity index (χ2v) is 4.75. The number of hydrogen-bond donors (Lipinski definition) is 0. The molecular formula is C9H5F9Si. The molecule has 0 bridgehead atoms. The van der Waals surface area contributed by atoms with E-state index in [0.717, 1.165) is 0 Å². The highest BCUT2D eigenvalue weighted by atomic mass is 28.1. The van der Waals surface area contributed by atoms with Gasteiger partial charge in [-0.25, -0.2) is 0 Å². The van der Waals surface area contributed by atoms with Gasteiger partial charge in [-0.2, -0.15) is 39.5 Å². The van der Waals surface area contributed by atoms with Crippen LogP contribution in [0.5, 0.6) is 0 Å². The Labute approximate surface area is 103 Å². The van der Waals surface area contributed by atoms with Gasteiger partial charge in [0.1, 0.15) is 0 Å². The largest absolute Gasteiger partial charge is 0.417 e. The van der Waals surface area contributed by atoms with Crippen LogP contribution in [0.3, 0.4) is 0 Å². The molecule has 0 unspecified atom stereocenters. The first-order valence-electron chi connectivity index (χ1n) is 4.61. The summed E-state index contributed by atoms with van der Waals surface area (Å²) in [6.07, 6.45) is -16.8. The van der Waals surface area contributed by atoms with Crippen LogP contribution < -0.4 is 5.19 Å². The molecule has 1 rings (SSSR count). The standard InChI is InChI=1S/C9H5F9Si/c10-7(11,12)3-1-2-4(19)6(9(16,17)18)5(3)8(13,14)15/h1-2H,19H3. The molecule has 0 aliphatic carbocycles. The van der Waals surface area contributed by atoms with E-state index in [-0.39, 0.29) is 6.07 Å². The van der Waals surface area contributed by atoms with Gasteiger partial charge in [0.2, 0.25) is 0 Å². The minimum atomic E-state index is -5.74. The maximum absolute atomic E-state index is 12.6. The first kappa shape index (κ1) is 15.9. The fourth-order valence-corrected chi connectivity index (χ4v) is 2.30. The van der Waals surface area contributed by atoms with Gasteiger partial charge in [0.15, 0.2) is 0 Å². The third kappa shape index (κ3) is 3.22. The van der Waals surface area contributed by atoms with Crippen molar-refractivity contribution in [2.45, 2.75) is 18.5 Å². The summed E-state index contributed by atoms with van der Waals surface area (Å²) in [6, 6.07) is 0.452. The van der Waals surface area contributed by atoms with E-state index in [9.17, 15) is 39.5 Å². The van der Waals surface area contributed by atoms with Crippen molar-refractivity contribution in [3.8, 4) is 0 Å². The Bertz CT molecular complexity index is 480. The molecule has 0 aromatic heterocycles. The molecule has 0 nitrogen and oxygen atoms in total. The Morgan fingerprint density at radius 2 is 1.05 bits per heavy atom. The predicted octanol–water partition coefficient (Wildman–Crippen LogP) is 2.73. The molecule has 0 saturated heterocycles. The summed E-state index contributed by atoms with van der Waals surface area (Å²) >= 11 is 0. The van der Waals surface area contributed by atoms with Crippen LogP contribution in [0.25, 0.3) is 0 Å². The minimum Gasteiger partial charge on any atom is -0.166 e. The Balaban J connectivity index is 3.82. The average Bonchev–Trinajstić information content (AvgIpc) is 2.11. The van der Waals surface area contributed by atoms with Gasteiger partial charge in [0, 0.05) is 10.2 Å². The highest BCUT2D eigenvalue weighted by molar-refractivity contribution is 6.33. The maximum atomic E-state index is 12.6. The smallest absolute Gasteiger partial charge is 0.166 e. The summed E-state index contributed by atoms with van der Waals surface area (Å²) in [5.41, 5.74) is -7.24. The van der Waals surface area contributed by atoms with Crippen molar-refractivity contribution in [3.63, 3.8) is 0 Å². The van der Waals surface area contributed by atoms with Crippen molar-refractivity contribution in [1.29, 1.82) is 0 Å². The van der Waals surface area contributed by atoms with E-state index in [0.29, 0.717) is 6.07 Å². The van der Waals surface area contributed by atoms with E-state index >= 15 is 0 Å². The van der Waals surface area contributed by atoms with E-state index in [1.165, 1.54) is 0 Å². The van der Waals surface area contributed by atoms with Crippen molar-refractivity contribution >= 4 is 15.4 Å². The van der Waals surface area contributed by atoms with Crippen LogP contribution in [0.4, 0.5) is 39.5 Å². The van der Waals surface area contributed by atoms with Crippen LogP contribution in [0.1, 0.15) is 16.7 Å². The lowest BCUT2D eigenvalue weighted by Gasteiger charge is -2.22. The average molecular weight is 312 g/mol. The summed E-state index contributed by atoms with van der Waals surface area (Å²) in [4.78, 5) is 0. The Morgan fingerprint density at radius 3 is 1.37 bits per heavy atom. The van der Waals surface area contributed by atoms with Crippen molar-refractivity contribution in [2.75, 3.05) is 0 Å². The lowest BCUT2D eigenvalue weighted by Crippen LogP contribution is -2.30. The summed E-state index contributed by atoms with van der Waals surface area (Å²) in [5.74, 6) is 0. The molecule has 0 aliphatic heterocycles. The normalized spacial score (nSPS) is 13.9. The summed E-state index contributed by atoms with van der Waals surface area (Å²) in [7, 11) is -0.464. The molecule has 0 radical (unpaired) electrons. The maximum Gasteiger partial charge on any atom is 0.417 e. The number of alkyl halides is 9. The first-order valence-corrected chi connectivity index (χ1v) is 5.61. The zero-order valence-corrected chi connectivity index (χ0v) is 11.1. The third-order valence-corrected chi connectivity index (χ3v) is 3.12. The lowest BCUT2D eigenvalue weighted by atomic mass is 9.99. The van der Waals surface area contributed by atoms with Gasteiger partial charge < -0.3 is 0 Å². The fraction of sp³-hybridized carbons (Fsp3) is 0.333. The van der Waals surface area contributed by atoms with Crippen LogP contribution in [0.2, 0.25) is 0 Å². The SMILES string of the molecule is FC(F)(F)c1ccc([SiH3])c(C(F)(F)F)c1C(F)(F)F. The number of halogens is 9. The van der Waals surface area contributed by atoms with Crippen molar-refractivity contribution < 1.29 is 39.5 Å². The topological polar surface area (TPSA) is 0 Å². The van der Waals surface area contributed by atoms with Crippen LogP contribution in [-0.4, -0.2) is 10.2 Å². The molecule has 0 saturated carbocycles. The quantitative estimate of drug-likeness (QED) is 0.510. The summed E-state index contributed by atoms with van der Waals surface area (Å²) < 4.78 is 113. The highest BCUT2D eigenvalue weighted by Gasteiger charge is 2.50. The summed E-state index contributed by atoms with van der Waals surface area (Å²) in [5, 5.41) is -0.784. The second kappa shape index (κ2) is 4.42. The van der Waals surface area contributed by atoms with Gasteiger partial charge in [0.25, 0.3) is 0 Å².